The topological polar surface area (TPSA) is 159 Å². The van der Waals surface area contributed by atoms with E-state index in [-0.39, 0.29) is 31.6 Å². The number of amides is 1. The molecule has 0 saturated carbocycles. The van der Waals surface area contributed by atoms with Crippen LogP contribution in [0.2, 0.25) is 0 Å². The van der Waals surface area contributed by atoms with Gasteiger partial charge in [-0.05, 0) is 37.1 Å². The van der Waals surface area contributed by atoms with Gasteiger partial charge in [-0.1, -0.05) is 24.3 Å². The summed E-state index contributed by atoms with van der Waals surface area (Å²) in [6.07, 6.45) is 3.13. The van der Waals surface area contributed by atoms with Crippen LogP contribution in [0.4, 0.5) is 5.95 Å². The number of nitrogens with two attached hydrogens (primary N) is 1. The van der Waals surface area contributed by atoms with Crippen molar-refractivity contribution < 1.29 is 19.1 Å². The molecule has 36 heavy (non-hydrogen) atoms. The van der Waals surface area contributed by atoms with Gasteiger partial charge in [0, 0.05) is 0 Å². The molecule has 5 aromatic rings. The van der Waals surface area contributed by atoms with Crippen LogP contribution in [0.1, 0.15) is 18.1 Å². The number of aryl methyl sites for hydroxylation is 1. The van der Waals surface area contributed by atoms with Gasteiger partial charge in [0.25, 0.3) is 5.91 Å². The zero-order valence-corrected chi connectivity index (χ0v) is 19.7. The van der Waals surface area contributed by atoms with E-state index in [2.05, 4.69) is 25.5 Å². The summed E-state index contributed by atoms with van der Waals surface area (Å²) in [6.45, 7) is 4.07. The second-order valence-corrected chi connectivity index (χ2v) is 9.20. The Hall–Kier alpha value is -4.29. The van der Waals surface area contributed by atoms with Crippen LogP contribution in [0.15, 0.2) is 53.3 Å². The van der Waals surface area contributed by atoms with Crippen LogP contribution >= 0.6 is 0 Å². The number of hydrogen-bond donors (Lipinski definition) is 3. The molecule has 184 valence electrons. The maximum absolute atomic E-state index is 13.8. The molecule has 1 amide bonds. The number of rotatable bonds is 6. The minimum atomic E-state index is -1.32. The van der Waals surface area contributed by atoms with E-state index < -0.39 is 11.1 Å². The smallest absolute Gasteiger partial charge is 0.252 e. The van der Waals surface area contributed by atoms with Crippen molar-refractivity contribution in [3.63, 3.8) is 0 Å². The van der Waals surface area contributed by atoms with Crippen molar-refractivity contribution >= 4 is 28.5 Å². The number of fused-ring (bicyclic) bond motifs is 3. The van der Waals surface area contributed by atoms with Gasteiger partial charge in [0.15, 0.2) is 22.6 Å². The molecule has 1 aliphatic heterocycles. The first kappa shape index (κ1) is 22.2. The Morgan fingerprint density at radius 1 is 1.22 bits per heavy atom. The minimum Gasteiger partial charge on any atom is -0.461 e. The number of nitrogens with zero attached hydrogens (tertiary/aromatic N) is 6. The minimum absolute atomic E-state index is 0.0446. The molecule has 12 heteroatoms. The van der Waals surface area contributed by atoms with Gasteiger partial charge in [-0.25, -0.2) is 9.67 Å². The number of benzene rings is 1. The van der Waals surface area contributed by atoms with Gasteiger partial charge in [-0.2, -0.15) is 14.6 Å². The van der Waals surface area contributed by atoms with Crippen LogP contribution in [0.5, 0.6) is 0 Å². The third kappa shape index (κ3) is 3.26. The number of nitrogen functional groups attached to an aromatic ring is 1. The van der Waals surface area contributed by atoms with Crippen molar-refractivity contribution in [2.24, 2.45) is 0 Å². The third-order valence-electron chi connectivity index (χ3n) is 6.63. The first-order valence-corrected chi connectivity index (χ1v) is 11.4. The molecule has 12 nitrogen and oxygen atoms in total. The lowest BCUT2D eigenvalue weighted by atomic mass is 9.87. The van der Waals surface area contributed by atoms with Gasteiger partial charge in [-0.3, -0.25) is 4.79 Å². The average molecular weight is 489 g/mol. The normalized spacial score (nSPS) is 16.6. The van der Waals surface area contributed by atoms with E-state index in [1.54, 1.807) is 29.9 Å². The summed E-state index contributed by atoms with van der Waals surface area (Å²) in [4.78, 5) is 23.0. The summed E-state index contributed by atoms with van der Waals surface area (Å²) in [5, 5.41) is 22.9. The average Bonchev–Trinajstić information content (AvgIpc) is 3.60. The van der Waals surface area contributed by atoms with Crippen LogP contribution in [-0.2, 0) is 15.1 Å². The van der Waals surface area contributed by atoms with E-state index in [1.807, 2.05) is 31.2 Å². The molecule has 4 aromatic heterocycles. The number of furan rings is 1. The molecule has 0 aliphatic carbocycles. The van der Waals surface area contributed by atoms with Gasteiger partial charge in [-0.15, -0.1) is 5.10 Å². The third-order valence-corrected chi connectivity index (χ3v) is 6.63. The molecule has 0 spiro atoms. The number of nitrogens with one attached hydrogen (secondary N) is 1. The molecule has 1 aromatic carbocycles. The maximum atomic E-state index is 13.8. The van der Waals surface area contributed by atoms with Crippen molar-refractivity contribution in [3.8, 4) is 11.6 Å². The monoisotopic (exact) mass is 488 g/mol. The number of aromatic nitrogens is 6. The Balaban J connectivity index is 1.52. The molecule has 0 bridgehead atoms. The highest BCUT2D eigenvalue weighted by molar-refractivity contribution is 5.94. The molecule has 1 fully saturated rings. The first-order valence-electron chi connectivity index (χ1n) is 11.4. The van der Waals surface area contributed by atoms with Gasteiger partial charge in [0.1, 0.15) is 5.60 Å². The molecule has 1 aliphatic rings. The molecule has 4 N–H and O–H groups in total. The maximum Gasteiger partial charge on any atom is 0.252 e. The highest BCUT2D eigenvalue weighted by atomic mass is 16.5. The van der Waals surface area contributed by atoms with Crippen molar-refractivity contribution in [3.05, 3.63) is 60.0 Å². The van der Waals surface area contributed by atoms with Crippen molar-refractivity contribution in [1.82, 2.24) is 34.7 Å². The Morgan fingerprint density at radius 2 is 2.03 bits per heavy atom. The van der Waals surface area contributed by atoms with Gasteiger partial charge < -0.3 is 25.3 Å². The highest BCUT2D eigenvalue weighted by Crippen LogP contribution is 2.33. The van der Waals surface area contributed by atoms with Crippen LogP contribution in [0.3, 0.4) is 0 Å². The lowest BCUT2D eigenvalue weighted by Gasteiger charge is -2.38. The number of aliphatic hydroxyl groups is 1. The molecule has 6 rings (SSSR count). The number of carbonyl (C=O) groups excluding carboxylic acids is 1. The molecule has 1 saturated heterocycles. The van der Waals surface area contributed by atoms with Crippen molar-refractivity contribution in [2.75, 3.05) is 25.5 Å². The van der Waals surface area contributed by atoms with Crippen molar-refractivity contribution in [2.45, 2.75) is 25.0 Å². The van der Waals surface area contributed by atoms with Crippen LogP contribution in [0.25, 0.3) is 28.3 Å². The van der Waals surface area contributed by atoms with Gasteiger partial charge in [0.05, 0.1) is 37.6 Å². The van der Waals surface area contributed by atoms with Crippen LogP contribution in [0, 0.1) is 6.92 Å². The standard InChI is InChI=1S/C24H24N8O4/c1-14-6-3-4-7-16(14)23(2,21(33)26-11-24(34)12-35-13-24)32-20-15(10-27-32)19-28-18(17-8-5-9-36-17)30-31(19)22(25)29-20/h3-10,34H,11-13H2,1-2H3,(H2,25,29)(H,26,33). The number of anilines is 1. The summed E-state index contributed by atoms with van der Waals surface area (Å²) < 4.78 is 13.5. The Bertz CT molecular complexity index is 1600. The van der Waals surface area contributed by atoms with E-state index >= 15 is 0 Å². The fourth-order valence-corrected chi connectivity index (χ4v) is 4.56. The largest absolute Gasteiger partial charge is 0.461 e. The van der Waals surface area contributed by atoms with E-state index in [9.17, 15) is 9.90 Å². The zero-order valence-electron chi connectivity index (χ0n) is 19.7. The molecular weight excluding hydrogens is 464 g/mol. The highest BCUT2D eigenvalue weighted by Gasteiger charge is 2.43. The van der Waals surface area contributed by atoms with E-state index in [4.69, 9.17) is 14.9 Å². The quantitative estimate of drug-likeness (QED) is 0.320. The van der Waals surface area contributed by atoms with Crippen LogP contribution in [-0.4, -0.2) is 65.7 Å². The molecule has 0 radical (unpaired) electrons. The number of carbonyl (C=O) groups is 1. The van der Waals surface area contributed by atoms with Crippen LogP contribution < -0.4 is 11.1 Å². The molecule has 1 unspecified atom stereocenters. The van der Waals surface area contributed by atoms with E-state index in [1.165, 1.54) is 10.8 Å². The Labute approximate surface area is 204 Å². The van der Waals surface area contributed by atoms with Gasteiger partial charge in [0.2, 0.25) is 11.8 Å². The summed E-state index contributed by atoms with van der Waals surface area (Å²) >= 11 is 0. The Kier molecular flexibility index (Phi) is 4.85. The number of ether oxygens (including phenoxy) is 1. The summed E-state index contributed by atoms with van der Waals surface area (Å²) in [6, 6.07) is 11.1. The SMILES string of the molecule is Cc1ccccc1C(C)(C(=O)NCC1(O)COC1)n1ncc2c1nc(N)n1nc(-c3ccco3)nc21. The second-order valence-electron chi connectivity index (χ2n) is 9.20. The lowest BCUT2D eigenvalue weighted by Crippen LogP contribution is -2.59. The van der Waals surface area contributed by atoms with E-state index in [0.29, 0.717) is 28.3 Å². The fraction of sp³-hybridized carbons (Fsp3) is 0.292. The van der Waals surface area contributed by atoms with Crippen molar-refractivity contribution in [1.29, 1.82) is 0 Å². The molecule has 1 atom stereocenters. The first-order chi connectivity index (χ1) is 17.3. The molecule has 5 heterocycles. The van der Waals surface area contributed by atoms with E-state index in [0.717, 1.165) is 11.1 Å². The summed E-state index contributed by atoms with van der Waals surface area (Å²) in [7, 11) is 0. The Morgan fingerprint density at radius 3 is 2.72 bits per heavy atom. The number of hydrogen-bond acceptors (Lipinski definition) is 9. The fourth-order valence-electron chi connectivity index (χ4n) is 4.56. The molecular formula is C24H24N8O4. The predicted octanol–water partition coefficient (Wildman–Crippen LogP) is 1.27. The second kappa shape index (κ2) is 7.86. The summed E-state index contributed by atoms with van der Waals surface area (Å²) in [5.41, 5.74) is 6.28. The summed E-state index contributed by atoms with van der Waals surface area (Å²) in [5.74, 6) is 0.558. The zero-order chi connectivity index (χ0) is 25.1. The predicted molar refractivity (Wildman–Crippen MR) is 129 cm³/mol. The van der Waals surface area contributed by atoms with Gasteiger partial charge >= 0.3 is 0 Å². The lowest BCUT2D eigenvalue weighted by molar-refractivity contribution is -0.176.